The monoisotopic (exact) mass is 306 g/mol. The Kier molecular flexibility index (Phi) is 4.48. The zero-order chi connectivity index (χ0) is 13.0. The fourth-order valence-corrected chi connectivity index (χ4v) is 2.64. The first-order valence-electron chi connectivity index (χ1n) is 6.33. The van der Waals surface area contributed by atoms with Crippen LogP contribution in [0.5, 0.6) is 0 Å². The van der Waals surface area contributed by atoms with Crippen LogP contribution in [-0.2, 0) is 13.1 Å². The van der Waals surface area contributed by atoms with E-state index in [-0.39, 0.29) is 0 Å². The molecule has 1 heterocycles. The highest BCUT2D eigenvalue weighted by molar-refractivity contribution is 9.10. The molecule has 18 heavy (non-hydrogen) atoms. The van der Waals surface area contributed by atoms with Crippen LogP contribution in [0, 0.1) is 6.92 Å². The van der Waals surface area contributed by atoms with Crippen molar-refractivity contribution in [2.45, 2.75) is 33.4 Å². The van der Waals surface area contributed by atoms with E-state index in [2.05, 4.69) is 76.3 Å². The smallest absolute Gasteiger partial charge is 0.0415 e. The van der Waals surface area contributed by atoms with E-state index in [9.17, 15) is 0 Å². The highest BCUT2D eigenvalue weighted by Crippen LogP contribution is 2.19. The molecule has 0 saturated carbocycles. The molecule has 0 fully saturated rings. The van der Waals surface area contributed by atoms with Crippen molar-refractivity contribution >= 4 is 21.6 Å². The van der Waals surface area contributed by atoms with Gasteiger partial charge in [-0.1, -0.05) is 22.9 Å². The Bertz CT molecular complexity index is 497. The molecule has 3 heteroatoms. The Morgan fingerprint density at radius 1 is 1.28 bits per heavy atom. The summed E-state index contributed by atoms with van der Waals surface area (Å²) in [6.45, 7) is 6.26. The van der Waals surface area contributed by atoms with Gasteiger partial charge in [0, 0.05) is 35.6 Å². The summed E-state index contributed by atoms with van der Waals surface area (Å²) >= 11 is 3.52. The molecule has 0 unspecified atom stereocenters. The van der Waals surface area contributed by atoms with E-state index >= 15 is 0 Å². The lowest BCUT2D eigenvalue weighted by atomic mass is 10.2. The number of halogens is 1. The maximum absolute atomic E-state index is 3.52. The average molecular weight is 307 g/mol. The number of hydrogen-bond donors (Lipinski definition) is 1. The van der Waals surface area contributed by atoms with Crippen LogP contribution in [0.25, 0.3) is 0 Å². The van der Waals surface area contributed by atoms with Crippen molar-refractivity contribution in [2.75, 3.05) is 5.32 Å². The SMILES string of the molecule is CCCn1ccc(CNc2cc(C)cc(Br)c2)c1. The van der Waals surface area contributed by atoms with Gasteiger partial charge in [-0.25, -0.2) is 0 Å². The fraction of sp³-hybridized carbons (Fsp3) is 0.333. The molecule has 1 N–H and O–H groups in total. The lowest BCUT2D eigenvalue weighted by Gasteiger charge is -2.07. The van der Waals surface area contributed by atoms with Crippen molar-refractivity contribution < 1.29 is 0 Å². The molecule has 0 spiro atoms. The minimum absolute atomic E-state index is 0.868. The number of anilines is 1. The van der Waals surface area contributed by atoms with Crippen molar-refractivity contribution in [3.05, 3.63) is 52.3 Å². The standard InChI is InChI=1S/C15H19BrN2/c1-3-5-18-6-4-13(11-18)10-17-15-8-12(2)7-14(16)9-15/h4,6-9,11,17H,3,5,10H2,1-2H3. The molecule has 0 bridgehead atoms. The van der Waals surface area contributed by atoms with Gasteiger partial charge in [-0.2, -0.15) is 0 Å². The highest BCUT2D eigenvalue weighted by Gasteiger charge is 1.99. The molecule has 1 aromatic carbocycles. The van der Waals surface area contributed by atoms with Crippen molar-refractivity contribution in [1.29, 1.82) is 0 Å². The predicted molar refractivity (Wildman–Crippen MR) is 80.9 cm³/mol. The van der Waals surface area contributed by atoms with E-state index in [4.69, 9.17) is 0 Å². The predicted octanol–water partition coefficient (Wildman–Crippen LogP) is 4.58. The Hall–Kier alpha value is -1.22. The molecular weight excluding hydrogens is 288 g/mol. The zero-order valence-corrected chi connectivity index (χ0v) is 12.5. The van der Waals surface area contributed by atoms with Crippen LogP contribution in [0.3, 0.4) is 0 Å². The normalized spacial score (nSPS) is 10.6. The van der Waals surface area contributed by atoms with Gasteiger partial charge in [0.25, 0.3) is 0 Å². The highest BCUT2D eigenvalue weighted by atomic mass is 79.9. The molecule has 96 valence electrons. The fourth-order valence-electron chi connectivity index (χ4n) is 2.03. The summed E-state index contributed by atoms with van der Waals surface area (Å²) < 4.78 is 3.36. The maximum Gasteiger partial charge on any atom is 0.0415 e. The molecule has 0 amide bonds. The summed E-state index contributed by atoms with van der Waals surface area (Å²) in [6.07, 6.45) is 5.53. The minimum atomic E-state index is 0.868. The second-order valence-electron chi connectivity index (χ2n) is 4.63. The number of benzene rings is 1. The summed E-state index contributed by atoms with van der Waals surface area (Å²) in [5.41, 5.74) is 3.74. The molecule has 1 aromatic heterocycles. The molecule has 2 aromatic rings. The van der Waals surface area contributed by atoms with Crippen LogP contribution in [0.4, 0.5) is 5.69 Å². The van der Waals surface area contributed by atoms with E-state index in [1.807, 2.05) is 0 Å². The van der Waals surface area contributed by atoms with Gasteiger partial charge in [0.1, 0.15) is 0 Å². The van der Waals surface area contributed by atoms with Crippen LogP contribution in [0.2, 0.25) is 0 Å². The van der Waals surface area contributed by atoms with Crippen LogP contribution >= 0.6 is 15.9 Å². The first-order valence-corrected chi connectivity index (χ1v) is 7.12. The molecule has 0 saturated heterocycles. The first-order chi connectivity index (χ1) is 8.67. The Balaban J connectivity index is 1.97. The van der Waals surface area contributed by atoms with Gasteiger partial charge < -0.3 is 9.88 Å². The summed E-state index contributed by atoms with van der Waals surface area (Å²) in [5.74, 6) is 0. The number of nitrogens with one attached hydrogen (secondary N) is 1. The molecule has 0 aliphatic carbocycles. The number of hydrogen-bond acceptors (Lipinski definition) is 1. The lowest BCUT2D eigenvalue weighted by molar-refractivity contribution is 0.682. The third kappa shape index (κ3) is 3.64. The Morgan fingerprint density at radius 3 is 2.83 bits per heavy atom. The largest absolute Gasteiger partial charge is 0.381 e. The second-order valence-corrected chi connectivity index (χ2v) is 5.54. The molecule has 2 rings (SSSR count). The Labute approximate surface area is 117 Å². The van der Waals surface area contributed by atoms with E-state index in [0.29, 0.717) is 0 Å². The summed E-state index contributed by atoms with van der Waals surface area (Å²) in [6, 6.07) is 8.56. The van der Waals surface area contributed by atoms with Crippen LogP contribution in [0.1, 0.15) is 24.5 Å². The van der Waals surface area contributed by atoms with E-state index < -0.39 is 0 Å². The lowest BCUT2D eigenvalue weighted by Crippen LogP contribution is -1.99. The first kappa shape index (κ1) is 13.2. The van der Waals surface area contributed by atoms with Crippen molar-refractivity contribution in [3.63, 3.8) is 0 Å². The summed E-state index contributed by atoms with van der Waals surface area (Å²) in [4.78, 5) is 0. The molecule has 0 radical (unpaired) electrons. The molecule has 0 atom stereocenters. The third-order valence-corrected chi connectivity index (χ3v) is 3.29. The van der Waals surface area contributed by atoms with Crippen LogP contribution < -0.4 is 5.32 Å². The van der Waals surface area contributed by atoms with Gasteiger partial charge >= 0.3 is 0 Å². The van der Waals surface area contributed by atoms with Gasteiger partial charge in [-0.3, -0.25) is 0 Å². The van der Waals surface area contributed by atoms with Gasteiger partial charge in [-0.05, 0) is 48.7 Å². The zero-order valence-electron chi connectivity index (χ0n) is 10.9. The van der Waals surface area contributed by atoms with E-state index in [0.717, 1.165) is 23.2 Å². The number of aryl methyl sites for hydroxylation is 2. The molecule has 2 nitrogen and oxygen atoms in total. The van der Waals surface area contributed by atoms with Gasteiger partial charge in [-0.15, -0.1) is 0 Å². The summed E-state index contributed by atoms with van der Waals surface area (Å²) in [7, 11) is 0. The molecule has 0 aliphatic heterocycles. The average Bonchev–Trinajstić information content (AvgIpc) is 2.74. The van der Waals surface area contributed by atoms with Gasteiger partial charge in [0.05, 0.1) is 0 Å². The minimum Gasteiger partial charge on any atom is -0.381 e. The third-order valence-electron chi connectivity index (χ3n) is 2.83. The molecular formula is C15H19BrN2. The quantitative estimate of drug-likeness (QED) is 0.855. The van der Waals surface area contributed by atoms with E-state index in [1.54, 1.807) is 0 Å². The summed E-state index contributed by atoms with van der Waals surface area (Å²) in [5, 5.41) is 3.45. The van der Waals surface area contributed by atoms with Crippen LogP contribution in [0.15, 0.2) is 41.1 Å². The van der Waals surface area contributed by atoms with Gasteiger partial charge in [0.15, 0.2) is 0 Å². The van der Waals surface area contributed by atoms with Crippen molar-refractivity contribution in [3.8, 4) is 0 Å². The van der Waals surface area contributed by atoms with E-state index in [1.165, 1.54) is 17.5 Å². The topological polar surface area (TPSA) is 17.0 Å². The van der Waals surface area contributed by atoms with Crippen molar-refractivity contribution in [1.82, 2.24) is 4.57 Å². The number of nitrogens with zero attached hydrogens (tertiary/aromatic N) is 1. The molecule has 0 aliphatic rings. The van der Waals surface area contributed by atoms with Crippen molar-refractivity contribution in [2.24, 2.45) is 0 Å². The Morgan fingerprint density at radius 2 is 2.11 bits per heavy atom. The number of rotatable bonds is 5. The van der Waals surface area contributed by atoms with Gasteiger partial charge in [0.2, 0.25) is 0 Å². The number of aromatic nitrogens is 1. The maximum atomic E-state index is 3.52. The second kappa shape index (κ2) is 6.10. The van der Waals surface area contributed by atoms with Crippen LogP contribution in [-0.4, -0.2) is 4.57 Å².